The van der Waals surface area contributed by atoms with Crippen molar-refractivity contribution in [1.29, 1.82) is 0 Å². The Bertz CT molecular complexity index is 527. The molecule has 25 heavy (non-hydrogen) atoms. The molecule has 2 nitrogen and oxygen atoms in total. The van der Waals surface area contributed by atoms with E-state index in [1.165, 1.54) is 25.7 Å². The highest BCUT2D eigenvalue weighted by Gasteiger charge is 2.13. The summed E-state index contributed by atoms with van der Waals surface area (Å²) in [7, 11) is 0. The largest absolute Gasteiger partial charge is 0.335 e. The number of hydrogen-bond acceptors (Lipinski definition) is 1. The molecule has 0 fully saturated rings. The van der Waals surface area contributed by atoms with Crippen LogP contribution in [0.5, 0.6) is 0 Å². The fourth-order valence-electron chi connectivity index (χ4n) is 2.64. The number of carbonyl (C=O) groups is 1. The molecule has 0 aliphatic heterocycles. The van der Waals surface area contributed by atoms with Crippen LogP contribution in [0.2, 0.25) is 5.02 Å². The SMILES string of the molecule is CCCCCCC(Br)/C=C/C(=O)N(Cc1ccc(Cl)cc1)CC(C)C. The van der Waals surface area contributed by atoms with E-state index >= 15 is 0 Å². The van der Waals surface area contributed by atoms with E-state index in [9.17, 15) is 4.79 Å². The first-order valence-electron chi connectivity index (χ1n) is 9.28. The molecule has 140 valence electrons. The van der Waals surface area contributed by atoms with Gasteiger partial charge in [-0.3, -0.25) is 4.79 Å². The summed E-state index contributed by atoms with van der Waals surface area (Å²) in [6, 6.07) is 7.70. The number of hydrogen-bond donors (Lipinski definition) is 0. The molecular formula is C21H31BrClNO. The first-order valence-corrected chi connectivity index (χ1v) is 10.6. The molecule has 0 heterocycles. The maximum Gasteiger partial charge on any atom is 0.246 e. The summed E-state index contributed by atoms with van der Waals surface area (Å²) >= 11 is 9.61. The van der Waals surface area contributed by atoms with Gasteiger partial charge in [0.15, 0.2) is 0 Å². The van der Waals surface area contributed by atoms with Crippen LogP contribution in [0.15, 0.2) is 36.4 Å². The third kappa shape index (κ3) is 10.1. The van der Waals surface area contributed by atoms with Gasteiger partial charge in [-0.25, -0.2) is 0 Å². The van der Waals surface area contributed by atoms with Crippen LogP contribution < -0.4 is 0 Å². The van der Waals surface area contributed by atoms with Crippen molar-refractivity contribution in [3.63, 3.8) is 0 Å². The molecule has 0 radical (unpaired) electrons. The number of unbranched alkanes of at least 4 members (excludes halogenated alkanes) is 3. The Kier molecular flexibility index (Phi) is 11.2. The first kappa shape index (κ1) is 22.2. The van der Waals surface area contributed by atoms with Gasteiger partial charge >= 0.3 is 0 Å². The lowest BCUT2D eigenvalue weighted by molar-refractivity contribution is -0.127. The second-order valence-corrected chi connectivity index (χ2v) is 8.58. The number of benzene rings is 1. The first-order chi connectivity index (χ1) is 11.9. The maximum absolute atomic E-state index is 12.6. The van der Waals surface area contributed by atoms with Gasteiger partial charge in [-0.05, 0) is 30.0 Å². The lowest BCUT2D eigenvalue weighted by atomic mass is 10.1. The molecular weight excluding hydrogens is 398 g/mol. The van der Waals surface area contributed by atoms with Crippen molar-refractivity contribution in [2.45, 2.75) is 64.2 Å². The highest BCUT2D eigenvalue weighted by Crippen LogP contribution is 2.15. The Morgan fingerprint density at radius 1 is 1.20 bits per heavy atom. The van der Waals surface area contributed by atoms with Crippen LogP contribution in [0.4, 0.5) is 0 Å². The average molecular weight is 429 g/mol. The molecule has 1 unspecified atom stereocenters. The Balaban J connectivity index is 2.60. The molecule has 0 saturated carbocycles. The van der Waals surface area contributed by atoms with Crippen LogP contribution in [0, 0.1) is 5.92 Å². The van der Waals surface area contributed by atoms with Crippen LogP contribution in [-0.4, -0.2) is 22.2 Å². The lowest BCUT2D eigenvalue weighted by Crippen LogP contribution is -2.32. The molecule has 1 amide bonds. The van der Waals surface area contributed by atoms with Crippen LogP contribution >= 0.6 is 27.5 Å². The quantitative estimate of drug-likeness (QED) is 0.220. The monoisotopic (exact) mass is 427 g/mol. The number of rotatable bonds is 11. The van der Waals surface area contributed by atoms with Gasteiger partial charge in [0.1, 0.15) is 0 Å². The van der Waals surface area contributed by atoms with Gasteiger partial charge in [0.25, 0.3) is 0 Å². The van der Waals surface area contributed by atoms with Crippen molar-refractivity contribution in [2.75, 3.05) is 6.54 Å². The highest BCUT2D eigenvalue weighted by atomic mass is 79.9. The molecule has 0 aliphatic rings. The van der Waals surface area contributed by atoms with Crippen LogP contribution in [0.1, 0.15) is 58.4 Å². The van der Waals surface area contributed by atoms with E-state index < -0.39 is 0 Å². The fourth-order valence-corrected chi connectivity index (χ4v) is 3.24. The third-order valence-electron chi connectivity index (χ3n) is 3.96. The smallest absolute Gasteiger partial charge is 0.246 e. The fraction of sp³-hybridized carbons (Fsp3) is 0.571. The Labute approximate surface area is 166 Å². The summed E-state index contributed by atoms with van der Waals surface area (Å²) in [5.74, 6) is 0.500. The van der Waals surface area contributed by atoms with E-state index in [0.717, 1.165) is 23.6 Å². The van der Waals surface area contributed by atoms with Gasteiger partial charge in [-0.15, -0.1) is 0 Å². The minimum Gasteiger partial charge on any atom is -0.335 e. The van der Waals surface area contributed by atoms with Crippen molar-refractivity contribution in [1.82, 2.24) is 4.90 Å². The zero-order valence-corrected chi connectivity index (χ0v) is 18.0. The summed E-state index contributed by atoms with van der Waals surface area (Å²) in [6.07, 6.45) is 9.77. The molecule has 1 aromatic carbocycles. The summed E-state index contributed by atoms with van der Waals surface area (Å²) in [4.78, 5) is 14.8. The standard InChI is InChI=1S/C21H31BrClNO/c1-4-5-6-7-8-19(22)11-14-21(25)24(15-17(2)3)16-18-9-12-20(23)13-10-18/h9-14,17,19H,4-8,15-16H2,1-3H3/b14-11+. The second kappa shape index (κ2) is 12.5. The molecule has 1 rings (SSSR count). The Morgan fingerprint density at radius 2 is 1.88 bits per heavy atom. The zero-order valence-electron chi connectivity index (χ0n) is 15.7. The number of amides is 1. The van der Waals surface area contributed by atoms with Gasteiger partial charge in [0.05, 0.1) is 0 Å². The molecule has 0 saturated heterocycles. The highest BCUT2D eigenvalue weighted by molar-refractivity contribution is 9.09. The van der Waals surface area contributed by atoms with E-state index in [2.05, 4.69) is 36.7 Å². The minimum absolute atomic E-state index is 0.0710. The molecule has 0 bridgehead atoms. The molecule has 1 aromatic rings. The predicted molar refractivity (Wildman–Crippen MR) is 112 cm³/mol. The van der Waals surface area contributed by atoms with Gasteiger partial charge in [0.2, 0.25) is 5.91 Å². The third-order valence-corrected chi connectivity index (χ3v) is 4.98. The van der Waals surface area contributed by atoms with Crippen molar-refractivity contribution in [2.24, 2.45) is 5.92 Å². The average Bonchev–Trinajstić information content (AvgIpc) is 2.57. The van der Waals surface area contributed by atoms with E-state index in [1.807, 2.05) is 35.2 Å². The summed E-state index contributed by atoms with van der Waals surface area (Å²) in [5.41, 5.74) is 1.10. The van der Waals surface area contributed by atoms with Gasteiger partial charge < -0.3 is 4.90 Å². The minimum atomic E-state index is 0.0710. The van der Waals surface area contributed by atoms with Crippen LogP contribution in [0.3, 0.4) is 0 Å². The summed E-state index contributed by atoms with van der Waals surface area (Å²) in [5, 5.41) is 0.718. The maximum atomic E-state index is 12.6. The Morgan fingerprint density at radius 3 is 2.48 bits per heavy atom. The number of alkyl halides is 1. The summed E-state index contributed by atoms with van der Waals surface area (Å²) < 4.78 is 0. The predicted octanol–water partition coefficient (Wildman–Crippen LogP) is 6.61. The van der Waals surface area contributed by atoms with Crippen molar-refractivity contribution >= 4 is 33.4 Å². The molecule has 0 aliphatic carbocycles. The van der Waals surface area contributed by atoms with Crippen LogP contribution in [0.25, 0.3) is 0 Å². The van der Waals surface area contributed by atoms with Gasteiger partial charge in [0, 0.05) is 29.0 Å². The topological polar surface area (TPSA) is 20.3 Å². The molecule has 0 spiro atoms. The number of nitrogens with zero attached hydrogens (tertiary/aromatic N) is 1. The molecule has 4 heteroatoms. The van der Waals surface area contributed by atoms with Crippen molar-refractivity contribution in [3.8, 4) is 0 Å². The zero-order chi connectivity index (χ0) is 18.7. The molecule has 1 atom stereocenters. The van der Waals surface area contributed by atoms with Gasteiger partial charge in [-0.2, -0.15) is 0 Å². The van der Waals surface area contributed by atoms with E-state index in [4.69, 9.17) is 11.6 Å². The molecule has 0 aromatic heterocycles. The number of carbonyl (C=O) groups excluding carboxylic acids is 1. The lowest BCUT2D eigenvalue weighted by Gasteiger charge is -2.23. The van der Waals surface area contributed by atoms with Crippen molar-refractivity contribution in [3.05, 3.63) is 47.0 Å². The summed E-state index contributed by atoms with van der Waals surface area (Å²) in [6.45, 7) is 7.84. The second-order valence-electron chi connectivity index (χ2n) is 6.96. The van der Waals surface area contributed by atoms with E-state index in [-0.39, 0.29) is 10.7 Å². The molecule has 0 N–H and O–H groups in total. The van der Waals surface area contributed by atoms with E-state index in [0.29, 0.717) is 12.5 Å². The van der Waals surface area contributed by atoms with Crippen LogP contribution in [-0.2, 0) is 11.3 Å². The Hall–Kier alpha value is -0.800. The van der Waals surface area contributed by atoms with Gasteiger partial charge in [-0.1, -0.05) is 92.2 Å². The van der Waals surface area contributed by atoms with Crippen molar-refractivity contribution < 1.29 is 4.79 Å². The van der Waals surface area contributed by atoms with E-state index in [1.54, 1.807) is 6.08 Å². The number of halogens is 2. The number of allylic oxidation sites excluding steroid dienone is 1. The normalized spacial score (nSPS) is 12.7.